The zero-order valence-electron chi connectivity index (χ0n) is 10.5. The van der Waals surface area contributed by atoms with Gasteiger partial charge in [-0.05, 0) is 65.1 Å². The van der Waals surface area contributed by atoms with Gasteiger partial charge in [-0.25, -0.2) is 0 Å². The molecule has 100 valence electrons. The Morgan fingerprint density at radius 2 is 1.58 bits per heavy atom. The van der Waals surface area contributed by atoms with E-state index in [-0.39, 0.29) is 0 Å². The van der Waals surface area contributed by atoms with Crippen molar-refractivity contribution in [2.24, 2.45) is 0 Å². The van der Waals surface area contributed by atoms with E-state index in [4.69, 9.17) is 15.2 Å². The van der Waals surface area contributed by atoms with Crippen LogP contribution in [0, 0.1) is 3.57 Å². The normalized spacial score (nSPS) is 10.2. The first-order valence-electron chi connectivity index (χ1n) is 6.11. The number of benzene rings is 2. The van der Waals surface area contributed by atoms with Crippen molar-refractivity contribution in [3.63, 3.8) is 0 Å². The van der Waals surface area contributed by atoms with Gasteiger partial charge in [0.05, 0.1) is 13.2 Å². The predicted molar refractivity (Wildman–Crippen MR) is 85.6 cm³/mol. The third kappa shape index (κ3) is 4.98. The molecular formula is C15H16INO2. The SMILES string of the molecule is Nc1ccc(OCCCOc2cccc(I)c2)cc1. The van der Waals surface area contributed by atoms with Gasteiger partial charge in [-0.2, -0.15) is 0 Å². The highest BCUT2D eigenvalue weighted by Gasteiger charge is 1.96. The molecule has 0 aromatic heterocycles. The molecule has 0 atom stereocenters. The molecule has 0 aliphatic rings. The molecule has 2 aromatic carbocycles. The van der Waals surface area contributed by atoms with Crippen molar-refractivity contribution in [2.75, 3.05) is 18.9 Å². The second-order valence-corrected chi connectivity index (χ2v) is 5.32. The molecule has 0 saturated heterocycles. The molecule has 0 fully saturated rings. The van der Waals surface area contributed by atoms with Crippen LogP contribution in [0.1, 0.15) is 6.42 Å². The zero-order valence-corrected chi connectivity index (χ0v) is 12.7. The summed E-state index contributed by atoms with van der Waals surface area (Å²) < 4.78 is 12.4. The minimum absolute atomic E-state index is 0.633. The van der Waals surface area contributed by atoms with Crippen LogP contribution in [-0.4, -0.2) is 13.2 Å². The quantitative estimate of drug-likeness (QED) is 0.480. The molecule has 2 N–H and O–H groups in total. The van der Waals surface area contributed by atoms with Gasteiger partial charge in [0.1, 0.15) is 11.5 Å². The van der Waals surface area contributed by atoms with E-state index in [0.29, 0.717) is 13.2 Å². The molecular weight excluding hydrogens is 353 g/mol. The highest BCUT2D eigenvalue weighted by Crippen LogP contribution is 2.15. The third-order valence-electron chi connectivity index (χ3n) is 2.50. The molecule has 2 rings (SSSR count). The molecule has 2 aromatic rings. The molecule has 0 radical (unpaired) electrons. The second-order valence-electron chi connectivity index (χ2n) is 4.08. The van der Waals surface area contributed by atoms with E-state index in [2.05, 4.69) is 22.6 Å². The van der Waals surface area contributed by atoms with Gasteiger partial charge in [-0.15, -0.1) is 0 Å². The smallest absolute Gasteiger partial charge is 0.120 e. The van der Waals surface area contributed by atoms with Crippen molar-refractivity contribution < 1.29 is 9.47 Å². The van der Waals surface area contributed by atoms with Gasteiger partial charge < -0.3 is 15.2 Å². The first-order chi connectivity index (χ1) is 9.24. The van der Waals surface area contributed by atoms with Crippen LogP contribution in [0.15, 0.2) is 48.5 Å². The maximum atomic E-state index is 5.64. The molecule has 0 amide bonds. The molecule has 0 spiro atoms. The fourth-order valence-corrected chi connectivity index (χ4v) is 2.07. The molecule has 0 heterocycles. The van der Waals surface area contributed by atoms with E-state index in [0.717, 1.165) is 23.6 Å². The lowest BCUT2D eigenvalue weighted by molar-refractivity contribution is 0.247. The fourth-order valence-electron chi connectivity index (χ4n) is 1.56. The van der Waals surface area contributed by atoms with E-state index in [1.54, 1.807) is 0 Å². The van der Waals surface area contributed by atoms with E-state index in [9.17, 15) is 0 Å². The number of ether oxygens (including phenoxy) is 2. The molecule has 0 unspecified atom stereocenters. The van der Waals surface area contributed by atoms with Crippen LogP contribution in [-0.2, 0) is 0 Å². The van der Waals surface area contributed by atoms with Crippen molar-refractivity contribution in [2.45, 2.75) is 6.42 Å². The van der Waals surface area contributed by atoms with Gasteiger partial charge in [0, 0.05) is 15.7 Å². The summed E-state index contributed by atoms with van der Waals surface area (Å²) in [5, 5.41) is 0. The molecule has 0 aliphatic heterocycles. The van der Waals surface area contributed by atoms with Crippen LogP contribution in [0.5, 0.6) is 11.5 Å². The lowest BCUT2D eigenvalue weighted by Gasteiger charge is -2.08. The van der Waals surface area contributed by atoms with E-state index >= 15 is 0 Å². The van der Waals surface area contributed by atoms with Gasteiger partial charge in [0.15, 0.2) is 0 Å². The average Bonchev–Trinajstić information content (AvgIpc) is 2.41. The summed E-state index contributed by atoms with van der Waals surface area (Å²) >= 11 is 2.27. The van der Waals surface area contributed by atoms with E-state index < -0.39 is 0 Å². The van der Waals surface area contributed by atoms with Gasteiger partial charge in [-0.3, -0.25) is 0 Å². The third-order valence-corrected chi connectivity index (χ3v) is 3.17. The molecule has 0 bridgehead atoms. The Bertz CT molecular complexity index is 514. The number of halogens is 1. The summed E-state index contributed by atoms with van der Waals surface area (Å²) in [6.07, 6.45) is 0.843. The van der Waals surface area contributed by atoms with Crippen molar-refractivity contribution in [1.29, 1.82) is 0 Å². The maximum Gasteiger partial charge on any atom is 0.120 e. The number of nitrogen functional groups attached to an aromatic ring is 1. The van der Waals surface area contributed by atoms with Crippen LogP contribution in [0.25, 0.3) is 0 Å². The highest BCUT2D eigenvalue weighted by molar-refractivity contribution is 14.1. The number of hydrogen-bond acceptors (Lipinski definition) is 3. The van der Waals surface area contributed by atoms with E-state index in [1.165, 1.54) is 3.57 Å². The van der Waals surface area contributed by atoms with Crippen LogP contribution in [0.3, 0.4) is 0 Å². The Morgan fingerprint density at radius 1 is 0.895 bits per heavy atom. The first kappa shape index (κ1) is 14.0. The molecule has 3 nitrogen and oxygen atoms in total. The minimum Gasteiger partial charge on any atom is -0.493 e. The maximum absolute atomic E-state index is 5.64. The topological polar surface area (TPSA) is 44.5 Å². The van der Waals surface area contributed by atoms with Gasteiger partial charge >= 0.3 is 0 Å². The van der Waals surface area contributed by atoms with Crippen molar-refractivity contribution in [1.82, 2.24) is 0 Å². The van der Waals surface area contributed by atoms with Gasteiger partial charge in [-0.1, -0.05) is 6.07 Å². The summed E-state index contributed by atoms with van der Waals surface area (Å²) in [5.41, 5.74) is 6.35. The Morgan fingerprint density at radius 3 is 2.26 bits per heavy atom. The Hall–Kier alpha value is -1.43. The highest BCUT2D eigenvalue weighted by atomic mass is 127. The largest absolute Gasteiger partial charge is 0.493 e. The van der Waals surface area contributed by atoms with Crippen molar-refractivity contribution >= 4 is 28.3 Å². The Kier molecular flexibility index (Phi) is 5.32. The lowest BCUT2D eigenvalue weighted by Crippen LogP contribution is -2.05. The molecule has 0 saturated carbocycles. The van der Waals surface area contributed by atoms with Gasteiger partial charge in [0.25, 0.3) is 0 Å². The second kappa shape index (κ2) is 7.23. The number of hydrogen-bond donors (Lipinski definition) is 1. The standard InChI is InChI=1S/C15H16INO2/c16-12-3-1-4-15(11-12)19-10-2-9-18-14-7-5-13(17)6-8-14/h1,3-8,11H,2,9-10,17H2. The van der Waals surface area contributed by atoms with Gasteiger partial charge in [0.2, 0.25) is 0 Å². The first-order valence-corrected chi connectivity index (χ1v) is 7.18. The fraction of sp³-hybridized carbons (Fsp3) is 0.200. The minimum atomic E-state index is 0.633. The van der Waals surface area contributed by atoms with Crippen molar-refractivity contribution in [3.05, 3.63) is 52.1 Å². The number of anilines is 1. The summed E-state index contributed by atoms with van der Waals surface area (Å²) in [5.74, 6) is 1.74. The summed E-state index contributed by atoms with van der Waals surface area (Å²) in [4.78, 5) is 0. The summed E-state index contributed by atoms with van der Waals surface area (Å²) in [7, 11) is 0. The van der Waals surface area contributed by atoms with Crippen molar-refractivity contribution in [3.8, 4) is 11.5 Å². The molecule has 4 heteroatoms. The van der Waals surface area contributed by atoms with Crippen LogP contribution >= 0.6 is 22.6 Å². The summed E-state index contributed by atoms with van der Waals surface area (Å²) in [6, 6.07) is 15.4. The Balaban J connectivity index is 1.66. The Labute approximate surface area is 126 Å². The monoisotopic (exact) mass is 369 g/mol. The van der Waals surface area contributed by atoms with Crippen LogP contribution < -0.4 is 15.2 Å². The van der Waals surface area contributed by atoms with Crippen LogP contribution in [0.2, 0.25) is 0 Å². The molecule has 19 heavy (non-hydrogen) atoms. The predicted octanol–water partition coefficient (Wildman–Crippen LogP) is 3.72. The van der Waals surface area contributed by atoms with E-state index in [1.807, 2.05) is 48.5 Å². The number of nitrogens with two attached hydrogens (primary N) is 1. The summed E-state index contributed by atoms with van der Waals surface area (Å²) in [6.45, 7) is 1.28. The van der Waals surface area contributed by atoms with Crippen LogP contribution in [0.4, 0.5) is 5.69 Å². The zero-order chi connectivity index (χ0) is 13.5. The average molecular weight is 369 g/mol. The lowest BCUT2D eigenvalue weighted by atomic mass is 10.3. The molecule has 0 aliphatic carbocycles. The number of rotatable bonds is 6.